The van der Waals surface area contributed by atoms with Crippen molar-refractivity contribution in [1.82, 2.24) is 19.8 Å². The van der Waals surface area contributed by atoms with Gasteiger partial charge in [0.15, 0.2) is 11.6 Å². The smallest absolute Gasteiger partial charge is 0.319 e. The molecule has 1 saturated carbocycles. The van der Waals surface area contributed by atoms with E-state index in [1.165, 1.54) is 12.1 Å². The van der Waals surface area contributed by atoms with Crippen LogP contribution >= 0.6 is 22.9 Å². The molecule has 4 aromatic rings. The molecule has 1 aliphatic carbocycles. The molecular formula is C34H36ClF2N7O2S. The van der Waals surface area contributed by atoms with Gasteiger partial charge in [-0.05, 0) is 71.7 Å². The van der Waals surface area contributed by atoms with Crippen molar-refractivity contribution in [2.45, 2.75) is 82.8 Å². The number of ether oxygens (including phenoxy) is 2. The molecule has 2 aromatic heterocycles. The highest BCUT2D eigenvalue weighted by Crippen LogP contribution is 2.52. The molecule has 9 nitrogen and oxygen atoms in total. The summed E-state index contributed by atoms with van der Waals surface area (Å²) in [5, 5.41) is 10.7. The number of anilines is 2. The lowest BCUT2D eigenvalue weighted by molar-refractivity contribution is 0.0408. The summed E-state index contributed by atoms with van der Waals surface area (Å²) < 4.78 is 45.2. The maximum atomic E-state index is 17.3. The van der Waals surface area contributed by atoms with E-state index in [9.17, 15) is 5.26 Å². The molecule has 3 saturated heterocycles. The SMILES string of the molecule is CC(C)N1C2CC(N3CCOc4c(Cl)c(-c5ccc(F)c6sc(N)c(C#N)c56)c(F)c5nc(O[C@@H](C)[C@@H]6CCCN6C)nc3c45)C1C2. The van der Waals surface area contributed by atoms with Gasteiger partial charge in [-0.2, -0.15) is 15.2 Å². The second kappa shape index (κ2) is 11.3. The number of halogens is 3. The van der Waals surface area contributed by atoms with Crippen LogP contribution in [0.2, 0.25) is 5.02 Å². The lowest BCUT2D eigenvalue weighted by Gasteiger charge is -2.45. The Labute approximate surface area is 280 Å². The Kier molecular flexibility index (Phi) is 7.40. The minimum absolute atomic E-state index is 0.00326. The van der Waals surface area contributed by atoms with Gasteiger partial charge in [0.25, 0.3) is 0 Å². The normalized spacial score (nSPS) is 24.9. The second-order valence-electron chi connectivity index (χ2n) is 13.5. The molecule has 5 aliphatic rings. The van der Waals surface area contributed by atoms with Gasteiger partial charge in [-0.25, -0.2) is 8.78 Å². The van der Waals surface area contributed by atoms with Crippen molar-refractivity contribution in [2.75, 3.05) is 37.4 Å². The highest BCUT2D eigenvalue weighted by Gasteiger charge is 2.54. The Morgan fingerprint density at radius 3 is 2.64 bits per heavy atom. The number of likely N-dealkylation sites (tertiary alicyclic amines) is 1. The van der Waals surface area contributed by atoms with Crippen LogP contribution in [0.5, 0.6) is 11.8 Å². The van der Waals surface area contributed by atoms with Crippen molar-refractivity contribution < 1.29 is 18.3 Å². The van der Waals surface area contributed by atoms with E-state index in [0.717, 1.165) is 43.6 Å². The maximum Gasteiger partial charge on any atom is 0.319 e. The van der Waals surface area contributed by atoms with E-state index >= 15 is 8.78 Å². The number of thiophene rings is 1. The van der Waals surface area contributed by atoms with Crippen molar-refractivity contribution in [2.24, 2.45) is 0 Å². The van der Waals surface area contributed by atoms with E-state index in [1.807, 2.05) is 6.92 Å². The van der Waals surface area contributed by atoms with Gasteiger partial charge in [0, 0.05) is 41.2 Å². The van der Waals surface area contributed by atoms with Gasteiger partial charge >= 0.3 is 6.01 Å². The van der Waals surface area contributed by atoms with E-state index in [0.29, 0.717) is 42.5 Å². The first-order chi connectivity index (χ1) is 22.6. The summed E-state index contributed by atoms with van der Waals surface area (Å²) >= 11 is 8.04. The number of rotatable bonds is 6. The highest BCUT2D eigenvalue weighted by atomic mass is 35.5. The zero-order chi connectivity index (χ0) is 32.9. The molecule has 6 heterocycles. The Bertz CT molecular complexity index is 1980. The van der Waals surface area contributed by atoms with Crippen molar-refractivity contribution in [3.63, 3.8) is 0 Å². The molecule has 5 atom stereocenters. The summed E-state index contributed by atoms with van der Waals surface area (Å²) in [6.45, 7) is 8.24. The monoisotopic (exact) mass is 679 g/mol. The molecule has 0 spiro atoms. The number of fused-ring (bicyclic) bond motifs is 2. The molecule has 4 fully saturated rings. The van der Waals surface area contributed by atoms with Crippen LogP contribution in [-0.2, 0) is 0 Å². The molecule has 2 aromatic carbocycles. The standard InChI is InChI=1S/C34H36ClF2N7O2S/c1-15(2)44-17-12-22(23(44)13-17)43-10-11-45-30-26-29(40-34(41-33(26)43)46-16(3)21-6-5-9-42(21)4)28(37)25(27(30)35)18-7-8-20(36)31-24(18)19(14-38)32(39)47-31/h7-8,15-17,21-23H,5-6,9-13,39H2,1-4H3/t16-,17?,21-,22?,23?/m0/s1. The Morgan fingerprint density at radius 1 is 1.15 bits per heavy atom. The lowest BCUT2D eigenvalue weighted by atomic mass is 9.96. The molecule has 47 heavy (non-hydrogen) atoms. The summed E-state index contributed by atoms with van der Waals surface area (Å²) in [6, 6.07) is 6.42. The number of hydrogen-bond acceptors (Lipinski definition) is 10. The van der Waals surface area contributed by atoms with Crippen molar-refractivity contribution in [1.29, 1.82) is 5.26 Å². The molecule has 0 radical (unpaired) electrons. The van der Waals surface area contributed by atoms with Crippen LogP contribution < -0.4 is 20.1 Å². The van der Waals surface area contributed by atoms with Crippen LogP contribution in [0.15, 0.2) is 12.1 Å². The van der Waals surface area contributed by atoms with E-state index in [1.54, 1.807) is 0 Å². The van der Waals surface area contributed by atoms with Gasteiger partial charge in [-0.15, -0.1) is 11.3 Å². The summed E-state index contributed by atoms with van der Waals surface area (Å²) in [5.41, 5.74) is 6.41. The largest absolute Gasteiger partial charge is 0.489 e. The van der Waals surface area contributed by atoms with Crippen LogP contribution in [0.1, 0.15) is 52.0 Å². The molecule has 4 aliphatic heterocycles. The highest BCUT2D eigenvalue weighted by molar-refractivity contribution is 7.23. The third-order valence-electron chi connectivity index (χ3n) is 10.7. The summed E-state index contributed by atoms with van der Waals surface area (Å²) in [4.78, 5) is 16.8. The number of hydrogen-bond donors (Lipinski definition) is 1. The fraction of sp³-hybridized carbons (Fsp3) is 0.500. The van der Waals surface area contributed by atoms with E-state index < -0.39 is 11.6 Å². The third kappa shape index (κ3) is 4.57. The molecule has 9 rings (SSSR count). The minimum atomic E-state index is -0.723. The fourth-order valence-corrected chi connectivity index (χ4v) is 9.91. The van der Waals surface area contributed by atoms with E-state index in [4.69, 9.17) is 36.8 Å². The lowest BCUT2D eigenvalue weighted by Crippen LogP contribution is -2.56. The van der Waals surface area contributed by atoms with Gasteiger partial charge in [-0.1, -0.05) is 17.7 Å². The average molecular weight is 680 g/mol. The molecule has 0 amide bonds. The number of nitrogens with zero attached hydrogens (tertiary/aromatic N) is 6. The van der Waals surface area contributed by atoms with Crippen LogP contribution in [0.4, 0.5) is 19.6 Å². The van der Waals surface area contributed by atoms with Crippen molar-refractivity contribution in [3.8, 4) is 29.0 Å². The zero-order valence-corrected chi connectivity index (χ0v) is 28.3. The number of nitrogen functional groups attached to an aromatic ring is 1. The van der Waals surface area contributed by atoms with Crippen LogP contribution in [0.3, 0.4) is 0 Å². The average Bonchev–Trinajstić information content (AvgIpc) is 3.78. The van der Waals surface area contributed by atoms with Crippen molar-refractivity contribution in [3.05, 3.63) is 34.4 Å². The fourth-order valence-electron chi connectivity index (χ4n) is 8.63. The number of likely N-dealkylation sites (N-methyl/N-ethyl adjacent to an activating group) is 1. The summed E-state index contributed by atoms with van der Waals surface area (Å²) in [6.07, 6.45) is 3.90. The molecule has 2 bridgehead atoms. The van der Waals surface area contributed by atoms with Gasteiger partial charge < -0.3 is 20.1 Å². The molecule has 2 N–H and O–H groups in total. The molecular weight excluding hydrogens is 644 g/mol. The molecule has 13 heteroatoms. The number of nitrogens with two attached hydrogens (primary N) is 1. The molecule has 3 unspecified atom stereocenters. The van der Waals surface area contributed by atoms with Crippen LogP contribution in [0, 0.1) is 23.0 Å². The first-order valence-corrected chi connectivity index (χ1v) is 17.5. The summed E-state index contributed by atoms with van der Waals surface area (Å²) in [7, 11) is 2.08. The van der Waals surface area contributed by atoms with E-state index in [2.05, 4.69) is 41.7 Å². The Balaban J connectivity index is 1.35. The maximum absolute atomic E-state index is 17.3. The molecule has 246 valence electrons. The minimum Gasteiger partial charge on any atom is -0.489 e. The van der Waals surface area contributed by atoms with Gasteiger partial charge in [0.05, 0.1) is 27.2 Å². The third-order valence-corrected chi connectivity index (χ3v) is 12.1. The van der Waals surface area contributed by atoms with Gasteiger partial charge in [0.2, 0.25) is 0 Å². The summed E-state index contributed by atoms with van der Waals surface area (Å²) in [5.74, 6) is -0.476. The van der Waals surface area contributed by atoms with E-state index in [-0.39, 0.29) is 72.3 Å². The predicted octanol–water partition coefficient (Wildman–Crippen LogP) is 6.58. The van der Waals surface area contributed by atoms with Crippen LogP contribution in [-0.4, -0.2) is 82.8 Å². The van der Waals surface area contributed by atoms with Crippen molar-refractivity contribution >= 4 is 54.7 Å². The first kappa shape index (κ1) is 30.8. The van der Waals surface area contributed by atoms with Gasteiger partial charge in [0.1, 0.15) is 40.9 Å². The zero-order valence-electron chi connectivity index (χ0n) is 26.7. The topological polar surface area (TPSA) is 104 Å². The number of aromatic nitrogens is 2. The number of benzene rings is 2. The predicted molar refractivity (Wildman–Crippen MR) is 181 cm³/mol. The van der Waals surface area contributed by atoms with Crippen LogP contribution in [0.25, 0.3) is 32.1 Å². The Hall–Kier alpha value is -3.50. The Morgan fingerprint density at radius 2 is 1.94 bits per heavy atom. The quantitative estimate of drug-likeness (QED) is 0.242. The van der Waals surface area contributed by atoms with Gasteiger partial charge in [-0.3, -0.25) is 9.80 Å². The first-order valence-electron chi connectivity index (χ1n) is 16.3. The second-order valence-corrected chi connectivity index (χ2v) is 14.9. The number of nitriles is 1.